The second-order valence-electron chi connectivity index (χ2n) is 7.48. The summed E-state index contributed by atoms with van der Waals surface area (Å²) >= 11 is 0. The van der Waals surface area contributed by atoms with E-state index in [9.17, 15) is 19.7 Å². The van der Waals surface area contributed by atoms with Crippen LogP contribution >= 0.6 is 0 Å². The molecule has 0 radical (unpaired) electrons. The number of aryl methyl sites for hydroxylation is 2. The number of nitro benzene ring substituents is 1. The lowest BCUT2D eigenvalue weighted by Gasteiger charge is -2.17. The number of nitrogens with zero attached hydrogens (tertiary/aromatic N) is 3. The van der Waals surface area contributed by atoms with Crippen LogP contribution in [0.2, 0.25) is 0 Å². The summed E-state index contributed by atoms with van der Waals surface area (Å²) in [5.74, 6) is -1.51. The summed E-state index contributed by atoms with van der Waals surface area (Å²) < 4.78 is 7.29. The zero-order valence-electron chi connectivity index (χ0n) is 17.9. The second-order valence-corrected chi connectivity index (χ2v) is 7.48. The average molecular weight is 444 g/mol. The van der Waals surface area contributed by atoms with E-state index in [1.807, 2.05) is 19.1 Å². The molecule has 0 fully saturated rings. The van der Waals surface area contributed by atoms with Gasteiger partial charge in [0.05, 0.1) is 4.92 Å². The molecule has 0 saturated carbocycles. The van der Waals surface area contributed by atoms with E-state index in [1.54, 1.807) is 53.8 Å². The van der Waals surface area contributed by atoms with Gasteiger partial charge in [0, 0.05) is 23.5 Å². The van der Waals surface area contributed by atoms with Gasteiger partial charge in [0.15, 0.2) is 5.69 Å². The second kappa shape index (κ2) is 8.91. The van der Waals surface area contributed by atoms with Crippen molar-refractivity contribution in [2.24, 2.45) is 0 Å². The summed E-state index contributed by atoms with van der Waals surface area (Å²) in [7, 11) is 0. The molecule has 0 aliphatic rings. The summed E-state index contributed by atoms with van der Waals surface area (Å²) in [4.78, 5) is 41.2. The Morgan fingerprint density at radius 3 is 2.52 bits per heavy atom. The van der Waals surface area contributed by atoms with E-state index in [-0.39, 0.29) is 17.1 Å². The molecule has 0 spiro atoms. The first-order valence-corrected chi connectivity index (χ1v) is 10.1. The molecule has 1 N–H and O–H groups in total. The van der Waals surface area contributed by atoms with Gasteiger partial charge in [0.25, 0.3) is 11.6 Å². The van der Waals surface area contributed by atoms with Crippen LogP contribution in [0.25, 0.3) is 5.65 Å². The number of pyridine rings is 1. The lowest BCUT2D eigenvalue weighted by atomic mass is 10.1. The van der Waals surface area contributed by atoms with Crippen LogP contribution in [-0.4, -0.2) is 26.2 Å². The van der Waals surface area contributed by atoms with Gasteiger partial charge in [-0.1, -0.05) is 42.5 Å². The van der Waals surface area contributed by atoms with Crippen molar-refractivity contribution < 1.29 is 19.2 Å². The third-order valence-electron chi connectivity index (χ3n) is 5.08. The highest BCUT2D eigenvalue weighted by atomic mass is 16.6. The summed E-state index contributed by atoms with van der Waals surface area (Å²) in [6, 6.07) is 18.3. The predicted molar refractivity (Wildman–Crippen MR) is 121 cm³/mol. The Labute approximate surface area is 188 Å². The van der Waals surface area contributed by atoms with Crippen molar-refractivity contribution in [3.05, 3.63) is 106 Å². The van der Waals surface area contributed by atoms with Gasteiger partial charge in [-0.15, -0.1) is 0 Å². The highest BCUT2D eigenvalue weighted by Crippen LogP contribution is 2.28. The Morgan fingerprint density at radius 2 is 1.82 bits per heavy atom. The first kappa shape index (κ1) is 21.7. The number of esters is 1. The van der Waals surface area contributed by atoms with Gasteiger partial charge in [-0.3, -0.25) is 14.9 Å². The Hall–Kier alpha value is -4.53. The summed E-state index contributed by atoms with van der Waals surface area (Å²) in [6.07, 6.45) is 0.197. The smallest absolute Gasteiger partial charge is 0.359 e. The Bertz CT molecular complexity index is 1360. The van der Waals surface area contributed by atoms with Crippen molar-refractivity contribution >= 4 is 28.9 Å². The lowest BCUT2D eigenvalue weighted by molar-refractivity contribution is -0.384. The molecule has 2 heterocycles. The van der Waals surface area contributed by atoms with Gasteiger partial charge in [0.2, 0.25) is 6.10 Å². The summed E-state index contributed by atoms with van der Waals surface area (Å²) in [5.41, 5.74) is 2.33. The van der Waals surface area contributed by atoms with Crippen LogP contribution in [0.3, 0.4) is 0 Å². The zero-order chi connectivity index (χ0) is 23.5. The maximum atomic E-state index is 13.1. The molecule has 2 aromatic carbocycles. The van der Waals surface area contributed by atoms with E-state index in [0.717, 1.165) is 5.69 Å². The number of hydrogen-bond donors (Lipinski definition) is 1. The van der Waals surface area contributed by atoms with E-state index >= 15 is 0 Å². The van der Waals surface area contributed by atoms with Crippen molar-refractivity contribution in [3.63, 3.8) is 0 Å². The summed E-state index contributed by atoms with van der Waals surface area (Å²) in [5, 5.41) is 14.0. The van der Waals surface area contributed by atoms with Gasteiger partial charge >= 0.3 is 5.97 Å². The minimum Gasteiger partial charge on any atom is -0.443 e. The quantitative estimate of drug-likeness (QED) is 0.268. The van der Waals surface area contributed by atoms with Crippen LogP contribution in [0, 0.1) is 24.0 Å². The fraction of sp³-hybridized carbons (Fsp3) is 0.125. The van der Waals surface area contributed by atoms with Crippen molar-refractivity contribution in [1.82, 2.24) is 9.38 Å². The number of aromatic nitrogens is 2. The van der Waals surface area contributed by atoms with Gasteiger partial charge in [-0.05, 0) is 37.6 Å². The van der Waals surface area contributed by atoms with Crippen LogP contribution in [0.5, 0.6) is 0 Å². The molecule has 0 aliphatic heterocycles. The highest BCUT2D eigenvalue weighted by molar-refractivity contribution is 5.99. The molecule has 9 heteroatoms. The molecular weight excluding hydrogens is 424 g/mol. The number of carbonyl (C=O) groups excluding carboxylic acids is 2. The first-order valence-electron chi connectivity index (χ1n) is 10.1. The van der Waals surface area contributed by atoms with Crippen LogP contribution in [0.15, 0.2) is 72.9 Å². The van der Waals surface area contributed by atoms with Crippen LogP contribution < -0.4 is 5.32 Å². The molecule has 166 valence electrons. The molecule has 1 atom stereocenters. The van der Waals surface area contributed by atoms with Crippen molar-refractivity contribution in [3.8, 4) is 0 Å². The minimum atomic E-state index is -1.34. The Balaban J connectivity index is 1.64. The molecular formula is C24H20N4O5. The number of fused-ring (bicyclic) bond motifs is 1. The first-order chi connectivity index (χ1) is 15.8. The van der Waals surface area contributed by atoms with Gasteiger partial charge < -0.3 is 14.5 Å². The monoisotopic (exact) mass is 444 g/mol. The third kappa shape index (κ3) is 4.57. The molecule has 2 aromatic heterocycles. The van der Waals surface area contributed by atoms with E-state index in [0.29, 0.717) is 16.8 Å². The maximum absolute atomic E-state index is 13.1. The van der Waals surface area contributed by atoms with Gasteiger partial charge in [0.1, 0.15) is 11.3 Å². The number of benzene rings is 2. The number of ether oxygens (including phenoxy) is 1. The van der Waals surface area contributed by atoms with E-state index in [1.165, 1.54) is 18.3 Å². The fourth-order valence-corrected chi connectivity index (χ4v) is 3.41. The average Bonchev–Trinajstić information content (AvgIpc) is 3.25. The Morgan fingerprint density at radius 1 is 1.06 bits per heavy atom. The molecule has 1 unspecified atom stereocenters. The molecule has 0 bridgehead atoms. The summed E-state index contributed by atoms with van der Waals surface area (Å²) in [6.45, 7) is 3.59. The highest BCUT2D eigenvalue weighted by Gasteiger charge is 2.28. The molecule has 0 saturated heterocycles. The van der Waals surface area contributed by atoms with E-state index < -0.39 is 22.9 Å². The topological polar surface area (TPSA) is 116 Å². The van der Waals surface area contributed by atoms with Crippen molar-refractivity contribution in [2.75, 3.05) is 5.32 Å². The molecule has 1 amide bonds. The molecule has 4 aromatic rings. The maximum Gasteiger partial charge on any atom is 0.359 e. The minimum absolute atomic E-state index is 0.0101. The van der Waals surface area contributed by atoms with E-state index in [4.69, 9.17) is 4.74 Å². The SMILES string of the molecule is Cc1ccc(NC(=O)C(OC(=O)c2cn3c(C)cccc3n2)c2ccccc2)c([N+](=O)[O-])c1. The predicted octanol–water partition coefficient (Wildman–Crippen LogP) is 4.40. The van der Waals surface area contributed by atoms with Crippen LogP contribution in [0.4, 0.5) is 11.4 Å². The van der Waals surface area contributed by atoms with Crippen LogP contribution in [-0.2, 0) is 9.53 Å². The number of anilines is 1. The number of amides is 1. The fourth-order valence-electron chi connectivity index (χ4n) is 3.41. The molecule has 0 aliphatic carbocycles. The lowest BCUT2D eigenvalue weighted by Crippen LogP contribution is -2.26. The standard InChI is InChI=1S/C24H20N4O5/c1-15-11-12-18(20(13-15)28(31)32)26-23(29)22(17-8-4-3-5-9-17)33-24(30)19-14-27-16(2)7-6-10-21(27)25-19/h3-14,22H,1-2H3,(H,26,29). The van der Waals surface area contributed by atoms with Crippen molar-refractivity contribution in [2.45, 2.75) is 20.0 Å². The normalized spacial score (nSPS) is 11.7. The number of carbonyl (C=O) groups is 2. The van der Waals surface area contributed by atoms with Crippen molar-refractivity contribution in [1.29, 1.82) is 0 Å². The molecule has 9 nitrogen and oxygen atoms in total. The van der Waals surface area contributed by atoms with Crippen LogP contribution in [0.1, 0.15) is 33.4 Å². The van der Waals surface area contributed by atoms with Gasteiger partial charge in [-0.25, -0.2) is 9.78 Å². The number of hydrogen-bond acceptors (Lipinski definition) is 6. The zero-order valence-corrected chi connectivity index (χ0v) is 17.9. The third-order valence-corrected chi connectivity index (χ3v) is 5.08. The molecule has 4 rings (SSSR count). The number of nitro groups is 1. The number of rotatable bonds is 6. The van der Waals surface area contributed by atoms with Gasteiger partial charge in [-0.2, -0.15) is 0 Å². The molecule has 33 heavy (non-hydrogen) atoms. The number of imidazole rings is 1. The number of nitrogens with one attached hydrogen (secondary N) is 1. The Kier molecular flexibility index (Phi) is 5.86. The van der Waals surface area contributed by atoms with E-state index in [2.05, 4.69) is 10.3 Å². The largest absolute Gasteiger partial charge is 0.443 e.